The van der Waals surface area contributed by atoms with E-state index >= 15 is 0 Å². The molecule has 1 aromatic rings. The third-order valence-electron chi connectivity index (χ3n) is 2.25. The number of likely N-dealkylation sites (N-methyl/N-ethyl adjacent to an activating group) is 1. The van der Waals surface area contributed by atoms with E-state index in [1.54, 1.807) is 19.1 Å². The number of nitrogens with two attached hydrogens (primary N) is 1. The number of carbonyl (C=O) groups excluding carboxylic acids is 1. The van der Waals surface area contributed by atoms with Crippen LogP contribution in [0.5, 0.6) is 5.75 Å². The van der Waals surface area contributed by atoms with Crippen molar-refractivity contribution in [1.29, 1.82) is 0 Å². The van der Waals surface area contributed by atoms with Crippen LogP contribution in [0.3, 0.4) is 0 Å². The highest BCUT2D eigenvalue weighted by molar-refractivity contribution is 9.10. The predicted octanol–water partition coefficient (Wildman–Crippen LogP) is 1.80. The zero-order valence-electron chi connectivity index (χ0n) is 9.77. The molecule has 96 valence electrons. The van der Waals surface area contributed by atoms with Crippen LogP contribution in [-0.4, -0.2) is 31.5 Å². The monoisotopic (exact) mass is 322 g/mol. The highest BCUT2D eigenvalue weighted by Gasteiger charge is 2.10. The molecule has 0 unspecified atom stereocenters. The molecule has 0 spiro atoms. The lowest BCUT2D eigenvalue weighted by atomic mass is 10.2. The number of rotatable bonds is 4. The van der Waals surface area contributed by atoms with Crippen molar-refractivity contribution in [2.45, 2.75) is 6.54 Å². The van der Waals surface area contributed by atoms with Gasteiger partial charge in [0.15, 0.2) is 0 Å². The van der Waals surface area contributed by atoms with Crippen molar-refractivity contribution in [2.75, 3.05) is 20.7 Å². The summed E-state index contributed by atoms with van der Waals surface area (Å²) in [5, 5.41) is 0. The van der Waals surface area contributed by atoms with Gasteiger partial charge in [0.25, 0.3) is 0 Å². The van der Waals surface area contributed by atoms with E-state index in [0.29, 0.717) is 6.54 Å². The van der Waals surface area contributed by atoms with Gasteiger partial charge >= 0.3 is 0 Å². The second kappa shape index (κ2) is 7.53. The summed E-state index contributed by atoms with van der Waals surface area (Å²) in [6.07, 6.45) is 0. The van der Waals surface area contributed by atoms with Crippen molar-refractivity contribution in [3.05, 3.63) is 28.2 Å². The number of hydrogen-bond acceptors (Lipinski definition) is 3. The molecular formula is C11H16BrClN2O2. The molecule has 1 aromatic carbocycles. The molecule has 1 amide bonds. The topological polar surface area (TPSA) is 55.6 Å². The molecule has 0 radical (unpaired) electrons. The average molecular weight is 324 g/mol. The summed E-state index contributed by atoms with van der Waals surface area (Å²) in [5.74, 6) is 0.668. The summed E-state index contributed by atoms with van der Waals surface area (Å²) in [6.45, 7) is 0.505. The Morgan fingerprint density at radius 1 is 1.53 bits per heavy atom. The minimum absolute atomic E-state index is 0. The highest BCUT2D eigenvalue weighted by atomic mass is 79.9. The fraction of sp³-hybridized carbons (Fsp3) is 0.364. The van der Waals surface area contributed by atoms with Gasteiger partial charge in [0.2, 0.25) is 5.91 Å². The summed E-state index contributed by atoms with van der Waals surface area (Å²) >= 11 is 3.39. The molecule has 0 aliphatic rings. The lowest BCUT2D eigenvalue weighted by Crippen LogP contribution is -2.32. The number of nitrogens with zero attached hydrogens (tertiary/aromatic N) is 1. The lowest BCUT2D eigenvalue weighted by Gasteiger charge is -2.18. The number of hydrogen-bond donors (Lipinski definition) is 1. The van der Waals surface area contributed by atoms with E-state index in [-0.39, 0.29) is 24.9 Å². The van der Waals surface area contributed by atoms with Gasteiger partial charge in [0.05, 0.1) is 13.7 Å². The highest BCUT2D eigenvalue weighted by Crippen LogP contribution is 2.23. The third-order valence-corrected chi connectivity index (χ3v) is 2.74. The molecule has 0 aromatic heterocycles. The Hall–Kier alpha value is -0.780. The van der Waals surface area contributed by atoms with Crippen molar-refractivity contribution in [3.63, 3.8) is 0 Å². The number of benzene rings is 1. The number of ether oxygens (including phenoxy) is 1. The summed E-state index contributed by atoms with van der Waals surface area (Å²) in [4.78, 5) is 12.9. The number of amides is 1. The Morgan fingerprint density at radius 2 is 2.18 bits per heavy atom. The first-order chi connectivity index (χ1) is 7.58. The second-order valence-electron chi connectivity index (χ2n) is 3.41. The van der Waals surface area contributed by atoms with Gasteiger partial charge in [-0.2, -0.15) is 0 Å². The maximum Gasteiger partial charge on any atom is 0.236 e. The van der Waals surface area contributed by atoms with Gasteiger partial charge in [-0.05, 0) is 18.2 Å². The predicted molar refractivity (Wildman–Crippen MR) is 73.5 cm³/mol. The minimum Gasteiger partial charge on any atom is -0.496 e. The average Bonchev–Trinajstić information content (AvgIpc) is 2.28. The Bertz CT molecular complexity index is 388. The molecule has 0 heterocycles. The Balaban J connectivity index is 0.00000256. The van der Waals surface area contributed by atoms with Crippen molar-refractivity contribution < 1.29 is 9.53 Å². The van der Waals surface area contributed by atoms with Gasteiger partial charge in [-0.1, -0.05) is 15.9 Å². The van der Waals surface area contributed by atoms with Crippen LogP contribution in [0.15, 0.2) is 22.7 Å². The Labute approximate surface area is 116 Å². The van der Waals surface area contributed by atoms with Crippen LogP contribution in [0.1, 0.15) is 5.56 Å². The molecule has 0 saturated heterocycles. The van der Waals surface area contributed by atoms with Crippen LogP contribution >= 0.6 is 28.3 Å². The van der Waals surface area contributed by atoms with Crippen LogP contribution in [0.4, 0.5) is 0 Å². The van der Waals surface area contributed by atoms with Gasteiger partial charge in [-0.15, -0.1) is 12.4 Å². The van der Waals surface area contributed by atoms with E-state index in [9.17, 15) is 4.79 Å². The molecule has 6 heteroatoms. The molecule has 1 rings (SSSR count). The molecule has 4 nitrogen and oxygen atoms in total. The molecule has 0 aliphatic heterocycles. The largest absolute Gasteiger partial charge is 0.496 e. The normalized spacial score (nSPS) is 9.41. The fourth-order valence-electron chi connectivity index (χ4n) is 1.37. The number of methoxy groups -OCH3 is 1. The molecule has 0 bridgehead atoms. The van der Waals surface area contributed by atoms with Crippen LogP contribution in [0.2, 0.25) is 0 Å². The Morgan fingerprint density at radius 3 is 2.71 bits per heavy atom. The van der Waals surface area contributed by atoms with Gasteiger partial charge < -0.3 is 15.4 Å². The van der Waals surface area contributed by atoms with Crippen LogP contribution < -0.4 is 10.5 Å². The fourth-order valence-corrected chi connectivity index (χ4v) is 1.78. The molecular weight excluding hydrogens is 307 g/mol. The summed E-state index contributed by atoms with van der Waals surface area (Å²) < 4.78 is 6.18. The van der Waals surface area contributed by atoms with Crippen molar-refractivity contribution in [1.82, 2.24) is 4.90 Å². The van der Waals surface area contributed by atoms with E-state index in [1.807, 2.05) is 18.2 Å². The van der Waals surface area contributed by atoms with Crippen LogP contribution in [0.25, 0.3) is 0 Å². The first-order valence-corrected chi connectivity index (χ1v) is 5.64. The molecule has 0 saturated carbocycles. The molecule has 0 fully saturated rings. The zero-order valence-corrected chi connectivity index (χ0v) is 12.2. The van der Waals surface area contributed by atoms with Crippen LogP contribution in [-0.2, 0) is 11.3 Å². The molecule has 2 N–H and O–H groups in total. The molecule has 0 aliphatic carbocycles. The number of carbonyl (C=O) groups is 1. The SMILES string of the molecule is COc1ccc(Br)cc1CN(C)C(=O)CN.Cl. The van der Waals surface area contributed by atoms with Crippen LogP contribution in [0, 0.1) is 0 Å². The van der Waals surface area contributed by atoms with Crippen molar-refractivity contribution in [3.8, 4) is 5.75 Å². The summed E-state index contributed by atoms with van der Waals surface area (Å²) in [7, 11) is 3.33. The van der Waals surface area contributed by atoms with Gasteiger partial charge in [0.1, 0.15) is 5.75 Å². The van der Waals surface area contributed by atoms with E-state index < -0.39 is 0 Å². The summed E-state index contributed by atoms with van der Waals surface area (Å²) in [5.41, 5.74) is 6.24. The maximum absolute atomic E-state index is 11.3. The standard InChI is InChI=1S/C11H15BrN2O2.ClH/c1-14(11(15)6-13)7-8-5-9(12)3-4-10(8)16-2;/h3-5H,6-7,13H2,1-2H3;1H. The summed E-state index contributed by atoms with van der Waals surface area (Å²) in [6, 6.07) is 5.69. The quantitative estimate of drug-likeness (QED) is 0.919. The minimum atomic E-state index is -0.0953. The number of halogens is 2. The smallest absolute Gasteiger partial charge is 0.236 e. The van der Waals surface area contributed by atoms with E-state index in [1.165, 1.54) is 0 Å². The van der Waals surface area contributed by atoms with E-state index in [2.05, 4.69) is 15.9 Å². The van der Waals surface area contributed by atoms with E-state index in [4.69, 9.17) is 10.5 Å². The first kappa shape index (κ1) is 16.2. The molecule has 17 heavy (non-hydrogen) atoms. The van der Waals surface area contributed by atoms with Gasteiger partial charge in [-0.25, -0.2) is 0 Å². The van der Waals surface area contributed by atoms with E-state index in [0.717, 1.165) is 15.8 Å². The van der Waals surface area contributed by atoms with Gasteiger partial charge in [-0.3, -0.25) is 4.79 Å². The second-order valence-corrected chi connectivity index (χ2v) is 4.33. The van der Waals surface area contributed by atoms with Gasteiger partial charge in [0, 0.05) is 23.6 Å². The maximum atomic E-state index is 11.3. The molecule has 0 atom stereocenters. The van der Waals surface area contributed by atoms with Crippen molar-refractivity contribution in [2.24, 2.45) is 5.73 Å². The Kier molecular flexibility index (Phi) is 7.18. The first-order valence-electron chi connectivity index (χ1n) is 4.85. The lowest BCUT2D eigenvalue weighted by molar-refractivity contribution is -0.128. The third kappa shape index (κ3) is 4.53. The zero-order chi connectivity index (χ0) is 12.1. The van der Waals surface area contributed by atoms with Crippen molar-refractivity contribution >= 4 is 34.2 Å².